The maximum absolute atomic E-state index is 4.44. The van der Waals surface area contributed by atoms with E-state index in [2.05, 4.69) is 84.1 Å². The summed E-state index contributed by atoms with van der Waals surface area (Å²) in [5, 5.41) is 9.83. The maximum atomic E-state index is 4.44. The van der Waals surface area contributed by atoms with Crippen LogP contribution in [0.3, 0.4) is 0 Å². The van der Waals surface area contributed by atoms with E-state index in [0.29, 0.717) is 0 Å². The van der Waals surface area contributed by atoms with Gasteiger partial charge in [0.05, 0.1) is 0 Å². The third kappa shape index (κ3) is 3.48. The van der Waals surface area contributed by atoms with Gasteiger partial charge in [0, 0.05) is 17.9 Å². The maximum Gasteiger partial charge on any atom is 0.191 e. The number of aromatic nitrogens is 3. The molecule has 0 saturated heterocycles. The number of rotatable bonds is 5. The summed E-state index contributed by atoms with van der Waals surface area (Å²) in [7, 11) is 0. The van der Waals surface area contributed by atoms with E-state index >= 15 is 0 Å². The molecule has 118 valence electrons. The highest BCUT2D eigenvalue weighted by molar-refractivity contribution is 7.98. The lowest BCUT2D eigenvalue weighted by atomic mass is 10.1. The van der Waals surface area contributed by atoms with Gasteiger partial charge in [-0.25, -0.2) is 0 Å². The summed E-state index contributed by atoms with van der Waals surface area (Å²) in [6, 6.07) is 17.0. The van der Waals surface area contributed by atoms with Crippen molar-refractivity contribution in [3.8, 4) is 11.4 Å². The second-order valence-corrected chi connectivity index (χ2v) is 6.58. The molecule has 23 heavy (non-hydrogen) atoms. The Bertz CT molecular complexity index is 791. The van der Waals surface area contributed by atoms with E-state index in [9.17, 15) is 0 Å². The minimum Gasteiger partial charge on any atom is -0.302 e. The summed E-state index contributed by atoms with van der Waals surface area (Å²) in [5.41, 5.74) is 4.98. The Labute approximate surface area is 141 Å². The molecule has 1 aromatic heterocycles. The fraction of sp³-hybridized carbons (Fsp3) is 0.263. The molecular weight excluding hydrogens is 302 g/mol. The van der Waals surface area contributed by atoms with Crippen LogP contribution in [-0.4, -0.2) is 14.8 Å². The average molecular weight is 323 g/mol. The SMILES string of the molecule is CCn1c(SCc2ccc(C)cc2)nnc1-c1ccccc1C. The third-order valence-electron chi connectivity index (χ3n) is 3.91. The molecule has 2 aromatic carbocycles. The second-order valence-electron chi connectivity index (χ2n) is 5.64. The molecule has 0 N–H and O–H groups in total. The van der Waals surface area contributed by atoms with Crippen LogP contribution in [0.1, 0.15) is 23.6 Å². The zero-order chi connectivity index (χ0) is 16.2. The molecule has 3 nitrogen and oxygen atoms in total. The van der Waals surface area contributed by atoms with Crippen LogP contribution < -0.4 is 0 Å². The minimum absolute atomic E-state index is 0.868. The minimum atomic E-state index is 0.868. The van der Waals surface area contributed by atoms with Crippen LogP contribution in [0.25, 0.3) is 11.4 Å². The number of aryl methyl sites for hydroxylation is 2. The predicted octanol–water partition coefficient (Wildman–Crippen LogP) is 4.87. The van der Waals surface area contributed by atoms with Gasteiger partial charge in [0.25, 0.3) is 0 Å². The molecule has 0 atom stereocenters. The molecule has 0 saturated carbocycles. The molecule has 0 fully saturated rings. The molecule has 0 radical (unpaired) electrons. The molecule has 0 aliphatic carbocycles. The van der Waals surface area contributed by atoms with Gasteiger partial charge in [-0.1, -0.05) is 65.9 Å². The molecule has 0 aliphatic rings. The lowest BCUT2D eigenvalue weighted by molar-refractivity contribution is 0.687. The predicted molar refractivity (Wildman–Crippen MR) is 96.6 cm³/mol. The molecule has 4 heteroatoms. The van der Waals surface area contributed by atoms with Crippen molar-refractivity contribution < 1.29 is 0 Å². The average Bonchev–Trinajstić information content (AvgIpc) is 2.97. The van der Waals surface area contributed by atoms with Gasteiger partial charge < -0.3 is 4.57 Å². The van der Waals surface area contributed by atoms with Crippen LogP contribution in [0, 0.1) is 13.8 Å². The Kier molecular flexibility index (Phi) is 4.82. The zero-order valence-corrected chi connectivity index (χ0v) is 14.6. The van der Waals surface area contributed by atoms with Crippen molar-refractivity contribution in [2.45, 2.75) is 38.2 Å². The molecule has 0 aliphatic heterocycles. The topological polar surface area (TPSA) is 30.7 Å². The molecule has 3 rings (SSSR count). The first-order valence-electron chi connectivity index (χ1n) is 7.86. The fourth-order valence-corrected chi connectivity index (χ4v) is 3.49. The Morgan fingerprint density at radius 2 is 1.70 bits per heavy atom. The van der Waals surface area contributed by atoms with Crippen LogP contribution in [0.15, 0.2) is 53.7 Å². The Morgan fingerprint density at radius 1 is 0.957 bits per heavy atom. The van der Waals surface area contributed by atoms with Gasteiger partial charge in [0.15, 0.2) is 11.0 Å². The van der Waals surface area contributed by atoms with Gasteiger partial charge in [-0.3, -0.25) is 0 Å². The first-order chi connectivity index (χ1) is 11.2. The molecule has 0 bridgehead atoms. The van der Waals surface area contributed by atoms with Crippen molar-refractivity contribution >= 4 is 11.8 Å². The van der Waals surface area contributed by atoms with Crippen molar-refractivity contribution in [3.63, 3.8) is 0 Å². The lowest BCUT2D eigenvalue weighted by Crippen LogP contribution is -2.00. The Hall–Kier alpha value is -2.07. The standard InChI is InChI=1S/C19H21N3S/c1-4-22-18(17-8-6-5-7-15(17)3)20-21-19(22)23-13-16-11-9-14(2)10-12-16/h5-12H,4,13H2,1-3H3. The lowest BCUT2D eigenvalue weighted by Gasteiger charge is -2.09. The third-order valence-corrected chi connectivity index (χ3v) is 4.95. The second kappa shape index (κ2) is 7.01. The first-order valence-corrected chi connectivity index (χ1v) is 8.85. The van der Waals surface area contributed by atoms with Crippen LogP contribution in [0.4, 0.5) is 0 Å². The Balaban J connectivity index is 1.84. The number of nitrogens with zero attached hydrogens (tertiary/aromatic N) is 3. The molecule has 1 heterocycles. The first kappa shape index (κ1) is 15.8. The van der Waals surface area contributed by atoms with E-state index in [1.165, 1.54) is 16.7 Å². The van der Waals surface area contributed by atoms with E-state index in [0.717, 1.165) is 28.8 Å². The smallest absolute Gasteiger partial charge is 0.191 e. The van der Waals surface area contributed by atoms with Crippen molar-refractivity contribution in [1.29, 1.82) is 0 Å². The van der Waals surface area contributed by atoms with Gasteiger partial charge in [0.2, 0.25) is 0 Å². The van der Waals surface area contributed by atoms with E-state index < -0.39 is 0 Å². The van der Waals surface area contributed by atoms with Gasteiger partial charge in [-0.15, -0.1) is 10.2 Å². The quantitative estimate of drug-likeness (QED) is 0.627. The number of benzene rings is 2. The summed E-state index contributed by atoms with van der Waals surface area (Å²) >= 11 is 1.74. The summed E-state index contributed by atoms with van der Waals surface area (Å²) in [5.74, 6) is 1.86. The number of hydrogen-bond acceptors (Lipinski definition) is 3. The summed E-state index contributed by atoms with van der Waals surface area (Å²) < 4.78 is 2.20. The van der Waals surface area contributed by atoms with Gasteiger partial charge in [-0.05, 0) is 31.9 Å². The van der Waals surface area contributed by atoms with E-state index in [-0.39, 0.29) is 0 Å². The highest BCUT2D eigenvalue weighted by Gasteiger charge is 2.14. The monoisotopic (exact) mass is 323 g/mol. The van der Waals surface area contributed by atoms with Crippen molar-refractivity contribution in [2.24, 2.45) is 0 Å². The van der Waals surface area contributed by atoms with Crippen molar-refractivity contribution in [2.75, 3.05) is 0 Å². The van der Waals surface area contributed by atoms with Crippen LogP contribution in [0.2, 0.25) is 0 Å². The highest BCUT2D eigenvalue weighted by atomic mass is 32.2. The molecule has 0 amide bonds. The van der Waals surface area contributed by atoms with Crippen LogP contribution in [0.5, 0.6) is 0 Å². The summed E-state index contributed by atoms with van der Waals surface area (Å²) in [6.45, 7) is 7.23. The van der Waals surface area contributed by atoms with E-state index in [4.69, 9.17) is 0 Å². The molecular formula is C19H21N3S. The number of thioether (sulfide) groups is 1. The van der Waals surface area contributed by atoms with E-state index in [1.54, 1.807) is 11.8 Å². The highest BCUT2D eigenvalue weighted by Crippen LogP contribution is 2.27. The molecule has 0 spiro atoms. The van der Waals surface area contributed by atoms with Crippen molar-refractivity contribution in [1.82, 2.24) is 14.8 Å². The summed E-state index contributed by atoms with van der Waals surface area (Å²) in [4.78, 5) is 0. The molecule has 3 aromatic rings. The molecule has 0 unspecified atom stereocenters. The fourth-order valence-electron chi connectivity index (χ4n) is 2.54. The Morgan fingerprint density at radius 3 is 2.39 bits per heavy atom. The van der Waals surface area contributed by atoms with E-state index in [1.807, 2.05) is 0 Å². The van der Waals surface area contributed by atoms with Crippen LogP contribution >= 0.6 is 11.8 Å². The van der Waals surface area contributed by atoms with Gasteiger partial charge in [0.1, 0.15) is 0 Å². The number of hydrogen-bond donors (Lipinski definition) is 0. The van der Waals surface area contributed by atoms with Gasteiger partial charge in [-0.2, -0.15) is 0 Å². The van der Waals surface area contributed by atoms with Crippen LogP contribution in [-0.2, 0) is 12.3 Å². The van der Waals surface area contributed by atoms with Crippen molar-refractivity contribution in [3.05, 3.63) is 65.2 Å². The van der Waals surface area contributed by atoms with Gasteiger partial charge >= 0.3 is 0 Å². The largest absolute Gasteiger partial charge is 0.302 e. The zero-order valence-electron chi connectivity index (χ0n) is 13.8. The normalized spacial score (nSPS) is 10.9. The summed E-state index contributed by atoms with van der Waals surface area (Å²) in [6.07, 6.45) is 0.